The van der Waals surface area contributed by atoms with E-state index >= 15 is 0 Å². The summed E-state index contributed by atoms with van der Waals surface area (Å²) >= 11 is 9.64. The Kier molecular flexibility index (Phi) is 8.12. The molecule has 2 aliphatic carbocycles. The van der Waals surface area contributed by atoms with Gasteiger partial charge in [-0.15, -0.1) is 11.8 Å². The maximum absolute atomic E-state index is 14.1. The molecule has 0 radical (unpaired) electrons. The van der Waals surface area contributed by atoms with Crippen LogP contribution in [-0.4, -0.2) is 34.6 Å². The van der Waals surface area contributed by atoms with Crippen LogP contribution in [0.5, 0.6) is 5.75 Å². The van der Waals surface area contributed by atoms with Gasteiger partial charge >= 0.3 is 11.0 Å². The number of amides is 3. The van der Waals surface area contributed by atoms with Gasteiger partial charge < -0.3 is 15.0 Å². The Balaban J connectivity index is 1.11. The summed E-state index contributed by atoms with van der Waals surface area (Å²) in [5.41, 5.74) is 0.341. The summed E-state index contributed by atoms with van der Waals surface area (Å²) in [4.78, 5) is 58.5. The van der Waals surface area contributed by atoms with Crippen LogP contribution in [0, 0.1) is 29.6 Å². The summed E-state index contributed by atoms with van der Waals surface area (Å²) in [5, 5.41) is 3.13. The van der Waals surface area contributed by atoms with E-state index in [0.29, 0.717) is 23.4 Å². The van der Waals surface area contributed by atoms with Crippen LogP contribution in [0.4, 0.5) is 24.5 Å². The second kappa shape index (κ2) is 12.1. The predicted molar refractivity (Wildman–Crippen MR) is 185 cm³/mol. The molecular weight excluding hydrogens is 811 g/mol. The van der Waals surface area contributed by atoms with Gasteiger partial charge in [0.2, 0.25) is 11.8 Å². The first-order valence-corrected chi connectivity index (χ1v) is 18.6. The summed E-state index contributed by atoms with van der Waals surface area (Å²) in [7, 11) is 0. The fourth-order valence-electron chi connectivity index (χ4n) is 8.22. The van der Waals surface area contributed by atoms with E-state index in [1.807, 2.05) is 6.07 Å². The van der Waals surface area contributed by atoms with Crippen LogP contribution < -0.4 is 19.8 Å². The summed E-state index contributed by atoms with van der Waals surface area (Å²) < 4.78 is 47.2. The number of thioether (sulfide) groups is 1. The number of halogens is 5. The molecule has 49 heavy (non-hydrogen) atoms. The summed E-state index contributed by atoms with van der Waals surface area (Å²) in [6.07, 6.45) is -3.86. The number of nitrogens with one attached hydrogen (secondary N) is 2. The van der Waals surface area contributed by atoms with Crippen molar-refractivity contribution < 1.29 is 32.3 Å². The van der Waals surface area contributed by atoms with E-state index < -0.39 is 36.1 Å². The van der Waals surface area contributed by atoms with Crippen LogP contribution in [-0.2, 0) is 20.6 Å². The van der Waals surface area contributed by atoms with Crippen molar-refractivity contribution in [2.24, 2.45) is 29.6 Å². The fourth-order valence-corrected chi connectivity index (χ4v) is 11.7. The summed E-state index contributed by atoms with van der Waals surface area (Å²) in [6.45, 7) is -0.484. The molecule has 3 amide bonds. The second-order valence-electron chi connectivity index (χ2n) is 12.5. The van der Waals surface area contributed by atoms with Crippen LogP contribution in [0.15, 0.2) is 85.5 Å². The number of anilines is 2. The van der Waals surface area contributed by atoms with Crippen molar-refractivity contribution in [3.63, 3.8) is 0 Å². The number of benzene rings is 3. The summed E-state index contributed by atoms with van der Waals surface area (Å²) in [6, 6.07) is 16.8. The zero-order chi connectivity index (χ0) is 34.4. The van der Waals surface area contributed by atoms with Gasteiger partial charge in [-0.05, 0) is 84.8 Å². The highest BCUT2D eigenvalue weighted by molar-refractivity contribution is 9.10. The first-order valence-electron chi connectivity index (χ1n) is 15.3. The number of fused-ring (bicyclic) bond motifs is 9. The van der Waals surface area contributed by atoms with E-state index in [1.54, 1.807) is 48.2 Å². The van der Waals surface area contributed by atoms with Gasteiger partial charge in [-0.3, -0.25) is 24.1 Å². The Labute approximate surface area is 302 Å². The minimum atomic E-state index is -4.56. The Hall–Kier alpha value is -3.40. The first kappa shape index (κ1) is 32.8. The van der Waals surface area contributed by atoms with Crippen molar-refractivity contribution in [1.29, 1.82) is 0 Å². The number of thiazole rings is 1. The maximum atomic E-state index is 14.1. The first-order chi connectivity index (χ1) is 23.4. The molecule has 8 rings (SSSR count). The molecule has 7 atom stereocenters. The number of hydrogen-bond acceptors (Lipinski definition) is 7. The molecule has 2 aliphatic heterocycles. The van der Waals surface area contributed by atoms with Gasteiger partial charge in [-0.25, -0.2) is 0 Å². The van der Waals surface area contributed by atoms with Gasteiger partial charge in [0, 0.05) is 36.2 Å². The van der Waals surface area contributed by atoms with Crippen molar-refractivity contribution in [2.75, 3.05) is 16.8 Å². The third-order valence-electron chi connectivity index (χ3n) is 9.95. The van der Waals surface area contributed by atoms with Crippen LogP contribution in [0.2, 0.25) is 0 Å². The van der Waals surface area contributed by atoms with E-state index in [-0.39, 0.29) is 51.3 Å². The highest BCUT2D eigenvalue weighted by Gasteiger charge is 2.70. The van der Waals surface area contributed by atoms with Crippen molar-refractivity contribution in [1.82, 2.24) is 4.98 Å². The number of hydrogen-bond donors (Lipinski definition) is 2. The molecule has 3 aromatic carbocycles. The minimum Gasteiger partial charge on any atom is -0.483 e. The normalized spacial score (nSPS) is 26.8. The largest absolute Gasteiger partial charge is 0.483 e. The number of aromatic amines is 1. The van der Waals surface area contributed by atoms with Gasteiger partial charge in [0.05, 0.1) is 28.1 Å². The molecule has 15 heteroatoms. The molecule has 3 fully saturated rings. The average molecular weight is 836 g/mol. The number of nitrogens with zero attached hydrogens (tertiary/aromatic N) is 1. The quantitative estimate of drug-likeness (QED) is 0.193. The standard InChI is InChI=1S/C34H24Br2F3N3O5S2/c35-15-4-7-18(8-5-15)42-31(44)26-20-12-21(27(26)32(42)45)28-25(20)24(29-30(48-28)41-33(46)49-29)19-11-16(36)6-9-22(19)47-13-23(43)40-17-3-1-2-14(10-17)34(37,38)39/h1-11,20-21,24-28H,12-13H2,(H,40,43)(H,41,46)/t20-,21-,24+,25-,26+,27+,28-/m1/s1. The smallest absolute Gasteiger partial charge is 0.416 e. The highest BCUT2D eigenvalue weighted by Crippen LogP contribution is 2.69. The Bertz CT molecular complexity index is 2090. The lowest BCUT2D eigenvalue weighted by Gasteiger charge is -2.43. The molecule has 0 unspecified atom stereocenters. The molecule has 4 aromatic rings. The molecule has 4 aliphatic rings. The highest BCUT2D eigenvalue weighted by atomic mass is 79.9. The van der Waals surface area contributed by atoms with Crippen molar-refractivity contribution in [3.05, 3.63) is 101 Å². The Morgan fingerprint density at radius 1 is 0.959 bits per heavy atom. The molecule has 2 bridgehead atoms. The molecule has 8 nitrogen and oxygen atoms in total. The monoisotopic (exact) mass is 833 g/mol. The zero-order valence-electron chi connectivity index (χ0n) is 25.0. The number of aromatic nitrogens is 1. The van der Waals surface area contributed by atoms with E-state index in [2.05, 4.69) is 42.2 Å². The van der Waals surface area contributed by atoms with E-state index in [9.17, 15) is 32.3 Å². The van der Waals surface area contributed by atoms with E-state index in [1.165, 1.54) is 17.0 Å². The van der Waals surface area contributed by atoms with Gasteiger partial charge in [0.15, 0.2) is 6.61 Å². The lowest BCUT2D eigenvalue weighted by atomic mass is 9.68. The molecule has 0 spiro atoms. The molecular formula is C34H24Br2F3N3O5S2. The fraction of sp³-hybridized carbons (Fsp3) is 0.294. The van der Waals surface area contributed by atoms with Gasteiger partial charge in [0.25, 0.3) is 5.91 Å². The third kappa shape index (κ3) is 5.56. The number of ether oxygens (including phenoxy) is 1. The molecule has 252 valence electrons. The average Bonchev–Trinajstić information content (AvgIpc) is 3.79. The Morgan fingerprint density at radius 3 is 2.41 bits per heavy atom. The van der Waals surface area contributed by atoms with Crippen molar-refractivity contribution in [3.8, 4) is 5.75 Å². The number of carbonyl (C=O) groups is 3. The Morgan fingerprint density at radius 2 is 1.67 bits per heavy atom. The van der Waals surface area contributed by atoms with E-state index in [0.717, 1.165) is 42.3 Å². The molecule has 3 heterocycles. The van der Waals surface area contributed by atoms with Gasteiger partial charge in [0.1, 0.15) is 5.75 Å². The number of rotatable bonds is 6. The topological polar surface area (TPSA) is 109 Å². The van der Waals surface area contributed by atoms with Crippen molar-refractivity contribution in [2.45, 2.75) is 28.8 Å². The third-order valence-corrected chi connectivity index (χ3v) is 13.6. The van der Waals surface area contributed by atoms with Gasteiger partial charge in [-0.2, -0.15) is 13.2 Å². The molecule has 1 saturated heterocycles. The van der Waals surface area contributed by atoms with Crippen LogP contribution in [0.3, 0.4) is 0 Å². The number of carbonyl (C=O) groups excluding carboxylic acids is 3. The number of alkyl halides is 3. The lowest BCUT2D eigenvalue weighted by molar-refractivity contribution is -0.137. The van der Waals surface area contributed by atoms with Gasteiger partial charge in [-0.1, -0.05) is 49.3 Å². The summed E-state index contributed by atoms with van der Waals surface area (Å²) in [5.74, 6) is -2.38. The molecule has 2 N–H and O–H groups in total. The zero-order valence-corrected chi connectivity index (χ0v) is 29.8. The lowest BCUT2D eigenvalue weighted by Crippen LogP contribution is -2.42. The van der Waals surface area contributed by atoms with Crippen molar-refractivity contribution >= 4 is 84.1 Å². The van der Waals surface area contributed by atoms with Crippen LogP contribution in [0.25, 0.3) is 0 Å². The SMILES string of the molecule is O=C(COc1ccc(Br)cc1[C@@H]1c2sc(=O)[nH]c2S[C@@H]2[C@@H]3C[C@@H]([C@@H]4C(=O)N(c5ccc(Br)cc5)C(=O)[C@@H]34)[C@H]12)Nc1cccc(C(F)(F)F)c1. The second-order valence-corrected chi connectivity index (χ2v) is 16.6. The molecule has 2 saturated carbocycles. The van der Waals surface area contributed by atoms with Crippen LogP contribution in [0.1, 0.15) is 28.3 Å². The van der Waals surface area contributed by atoms with E-state index in [4.69, 9.17) is 4.74 Å². The van der Waals surface area contributed by atoms with Crippen LogP contribution >= 0.6 is 55.0 Å². The number of imide groups is 1. The predicted octanol–water partition coefficient (Wildman–Crippen LogP) is 7.68. The minimum absolute atomic E-state index is 0.0159. The number of H-pyrrole nitrogens is 1. The molecule has 1 aromatic heterocycles. The maximum Gasteiger partial charge on any atom is 0.416 e.